The average Bonchev–Trinajstić information content (AvgIpc) is 1.69. The lowest BCUT2D eigenvalue weighted by molar-refractivity contribution is 0.112. The topological polar surface area (TPSA) is 320 Å². The zero-order valence-corrected chi connectivity index (χ0v) is 82.6. The number of hydrogen-bond acceptors (Lipinski definition) is 28. The maximum absolute atomic E-state index is 10.0. The number of aromatic nitrogens is 4. The zero-order chi connectivity index (χ0) is 91.6. The Bertz CT molecular complexity index is 5740. The third kappa shape index (κ3) is 28.9. The second-order valence-electron chi connectivity index (χ2n) is 37.1. The fourth-order valence-corrected chi connectivity index (χ4v) is 21.4. The van der Waals surface area contributed by atoms with E-state index in [2.05, 4.69) is 131 Å². The van der Waals surface area contributed by atoms with Crippen molar-refractivity contribution in [3.8, 4) is 41.2 Å². The van der Waals surface area contributed by atoms with Crippen LogP contribution in [0.15, 0.2) is 115 Å². The van der Waals surface area contributed by atoms with Crippen molar-refractivity contribution in [3.63, 3.8) is 0 Å². The van der Waals surface area contributed by atoms with Crippen LogP contribution in [-0.2, 0) is 71.6 Å². The first kappa shape index (κ1) is 102. The molecule has 0 spiro atoms. The van der Waals surface area contributed by atoms with E-state index in [0.29, 0.717) is 51.0 Å². The van der Waals surface area contributed by atoms with Crippen molar-refractivity contribution in [3.05, 3.63) is 188 Å². The van der Waals surface area contributed by atoms with Crippen LogP contribution >= 0.6 is 70.2 Å². The van der Waals surface area contributed by atoms with E-state index in [9.17, 15) is 15.0 Å². The number of aryl methyl sites for hydroxylation is 4. The number of aliphatic hydroxyl groups is 2. The number of ether oxygens (including phenoxy) is 4. The number of thiophene rings is 4. The van der Waals surface area contributed by atoms with Gasteiger partial charge in [0.25, 0.3) is 0 Å². The number of carbonyl (C=O) groups is 1. The summed E-state index contributed by atoms with van der Waals surface area (Å²) in [6.45, 7) is 28.7. The molecular formula is C104H128Cl2N14O11S4. The number of fused-ring (bicyclic) bond motifs is 4. The van der Waals surface area contributed by atoms with Crippen LogP contribution in [0.3, 0.4) is 0 Å². The van der Waals surface area contributed by atoms with Crippen molar-refractivity contribution in [1.82, 2.24) is 51.3 Å². The highest BCUT2D eigenvalue weighted by Gasteiger charge is 2.32. The molecule has 4 saturated heterocycles. The van der Waals surface area contributed by atoms with Crippen LogP contribution in [0.25, 0.3) is 48.7 Å². The molecular weight excluding hydrogens is 1820 g/mol. The monoisotopic (exact) mass is 1950 g/mol. The van der Waals surface area contributed by atoms with Crippen LogP contribution in [0.5, 0.6) is 23.0 Å². The van der Waals surface area contributed by atoms with Gasteiger partial charge in [0.15, 0.2) is 28.6 Å². The maximum Gasteiger partial charge on any atom is 0.241 e. The fourth-order valence-electron chi connectivity index (χ4n) is 18.3. The van der Waals surface area contributed by atoms with Crippen molar-refractivity contribution in [2.24, 2.45) is 47.3 Å². The molecule has 135 heavy (non-hydrogen) atoms. The number of nitrogens with zero attached hydrogens (tertiary/aromatic N) is 11. The number of hydrogen-bond donors (Lipinski definition) is 5. The number of likely N-dealkylation sites (tertiary alicyclic amines) is 3. The molecule has 0 radical (unpaired) electrons. The van der Waals surface area contributed by atoms with E-state index in [1.54, 1.807) is 46.1 Å². The molecule has 4 aromatic carbocycles. The summed E-state index contributed by atoms with van der Waals surface area (Å²) in [6, 6.07) is 38.5. The fraction of sp³-hybridized carbons (Fsp3) is 0.529. The second kappa shape index (κ2) is 51.4. The molecule has 4 aliphatic carbocycles. The Kier molecular flexibility index (Phi) is 38.6. The minimum absolute atomic E-state index is 0. The summed E-state index contributed by atoms with van der Waals surface area (Å²) in [5, 5.41) is 79.4. The van der Waals surface area contributed by atoms with Crippen molar-refractivity contribution in [2.75, 3.05) is 91.9 Å². The molecule has 718 valence electrons. The first-order valence-electron chi connectivity index (χ1n) is 48.4. The number of piperidine rings is 4. The van der Waals surface area contributed by atoms with E-state index < -0.39 is 0 Å². The maximum atomic E-state index is 10.0. The number of aldehydes is 1. The number of nitrogens with one attached hydrogen (secondary N) is 3. The third-order valence-corrected chi connectivity index (χ3v) is 31.1. The molecule has 0 atom stereocenters. The van der Waals surface area contributed by atoms with Gasteiger partial charge in [-0.3, -0.25) is 19.5 Å². The molecule has 20 rings (SSSR count). The van der Waals surface area contributed by atoms with Gasteiger partial charge < -0.3 is 63.2 Å². The Morgan fingerprint density at radius 2 is 0.726 bits per heavy atom. The summed E-state index contributed by atoms with van der Waals surface area (Å²) >= 11 is 6.04. The highest BCUT2D eigenvalue weighted by molar-refractivity contribution is 7.17. The van der Waals surface area contributed by atoms with Crippen molar-refractivity contribution in [1.29, 1.82) is 15.8 Å². The van der Waals surface area contributed by atoms with E-state index in [1.165, 1.54) is 129 Å². The lowest BCUT2D eigenvalue weighted by atomic mass is 9.91. The molecule has 4 saturated carbocycles. The number of nitriles is 3. The molecule has 8 fully saturated rings. The number of aliphatic hydroxyl groups excluding tert-OH is 2. The predicted molar refractivity (Wildman–Crippen MR) is 536 cm³/mol. The van der Waals surface area contributed by atoms with E-state index in [-0.39, 0.29) is 38.0 Å². The molecule has 0 unspecified atom stereocenters. The highest BCUT2D eigenvalue weighted by atomic mass is 35.5. The van der Waals surface area contributed by atoms with Gasteiger partial charge in [0.05, 0.1) is 96.1 Å². The average molecular weight is 1950 g/mol. The van der Waals surface area contributed by atoms with Crippen molar-refractivity contribution in [2.45, 2.75) is 214 Å². The van der Waals surface area contributed by atoms with Crippen LogP contribution < -0.4 is 34.9 Å². The Balaban J connectivity index is 0.000000140. The molecule has 8 aliphatic rings. The normalized spacial score (nSPS) is 16.8. The summed E-state index contributed by atoms with van der Waals surface area (Å²) in [7, 11) is 0. The summed E-state index contributed by atoms with van der Waals surface area (Å²) in [5.74, 6) is 9.02. The van der Waals surface area contributed by atoms with Gasteiger partial charge in [-0.2, -0.15) is 27.1 Å². The quantitative estimate of drug-likeness (QED) is 0.0176. The van der Waals surface area contributed by atoms with E-state index in [4.69, 9.17) is 59.4 Å². The minimum Gasteiger partial charge on any atom is -0.493 e. The summed E-state index contributed by atoms with van der Waals surface area (Å²) in [6.07, 6.45) is 28.9. The molecule has 25 nitrogen and oxygen atoms in total. The lowest BCUT2D eigenvalue weighted by Crippen LogP contribution is -2.33. The van der Waals surface area contributed by atoms with Crippen LogP contribution in [0.1, 0.15) is 226 Å². The van der Waals surface area contributed by atoms with Gasteiger partial charge in [-0.15, -0.1) is 58.8 Å². The van der Waals surface area contributed by atoms with Gasteiger partial charge in [-0.05, 0) is 358 Å². The molecule has 4 aliphatic heterocycles. The first-order valence-corrected chi connectivity index (χ1v) is 51.7. The summed E-state index contributed by atoms with van der Waals surface area (Å²) in [4.78, 5) is 27.6. The molecule has 12 heterocycles. The smallest absolute Gasteiger partial charge is 0.241 e. The van der Waals surface area contributed by atoms with E-state index >= 15 is 0 Å². The van der Waals surface area contributed by atoms with Crippen molar-refractivity contribution >= 4 is 125 Å². The Labute approximate surface area is 820 Å². The SMILES string of the molecule is CCNCc1c(OCC2CC2)ccc2c(CCC3CCN(Cc4ccc(C#N)s4)CC3)noc12.CCNCc1c(OCC2CC2)ccc2c(CCC3CCN(Cc4ccc(C#N)s4)CC3)noc12.Cl.Cl.N#Cc1ccc(CN2CCC(CCc3noc4c(CO)c(OCC5CC5)ccc34)CC2)s1.OCc1c(OCC2CC2)ccc2c(CCC3CCNCC3)noc12.[C-]#[N+]c1ccc(C=O)s1. The standard InChI is InChI=1S/2C27H34N4O2S.C25H29N3O3S.C19H26N2O3.C6H3NOS.2ClH/c2*1-2-29-16-24-26(32-18-20-3-4-20)10-8-23-25(30-33-27(23)24)9-5-19-11-13-31(14-12-19)17-22-7-6-21(15-28)34-22;26-13-19-4-5-20(32-19)14-28-11-9-17(10-12-28)3-7-23-21-6-8-24(30-16-18-1-2-18)22(15-29)25(21)31-27-23;22-11-16-18(23-12-14-1-2-14)6-4-15-17(21-24-19(15)16)5-3-13-7-9-20-10-8-13;1-7-6-3-2-5(4-8)9-6;;/h2*6-8,10,19-20,29H,2-5,9,11-14,16-18H2,1H3;4-6,8,17-18,29H,1-3,7,9-12,14-16H2;4,6,13-14,20,22H,1-3,5,7-12H2;2-4H;2*1H. The minimum atomic E-state index is -0.107. The van der Waals surface area contributed by atoms with Crippen LogP contribution in [0.2, 0.25) is 0 Å². The molecule has 31 heteroatoms. The van der Waals surface area contributed by atoms with Crippen LogP contribution in [0, 0.1) is 87.9 Å². The van der Waals surface area contributed by atoms with E-state index in [0.717, 1.165) is 315 Å². The van der Waals surface area contributed by atoms with Gasteiger partial charge in [0, 0.05) is 68.9 Å². The largest absolute Gasteiger partial charge is 0.493 e. The highest BCUT2D eigenvalue weighted by Crippen LogP contribution is 2.42. The molecule has 5 N–H and O–H groups in total. The lowest BCUT2D eigenvalue weighted by Gasteiger charge is -2.31. The number of carbonyl (C=O) groups excluding carboxylic acids is 1. The van der Waals surface area contributed by atoms with Gasteiger partial charge in [-0.25, -0.2) is 4.85 Å². The third-order valence-electron chi connectivity index (χ3n) is 27.2. The molecule has 0 bridgehead atoms. The summed E-state index contributed by atoms with van der Waals surface area (Å²) < 4.78 is 47.0. The van der Waals surface area contributed by atoms with Crippen LogP contribution in [-0.4, -0.2) is 144 Å². The van der Waals surface area contributed by atoms with Gasteiger partial charge in [-0.1, -0.05) is 40.5 Å². The van der Waals surface area contributed by atoms with Crippen molar-refractivity contribution < 1.29 is 52.0 Å². The Morgan fingerprint density at radius 3 is 0.985 bits per heavy atom. The van der Waals surface area contributed by atoms with Crippen LogP contribution in [0.4, 0.5) is 5.00 Å². The first-order chi connectivity index (χ1) is 65.4. The van der Waals surface area contributed by atoms with E-state index in [1.807, 2.05) is 42.5 Å². The second-order valence-corrected chi connectivity index (χ2v) is 41.7. The summed E-state index contributed by atoms with van der Waals surface area (Å²) in [5.41, 5.74) is 10.9. The molecule has 0 amide bonds. The Morgan fingerprint density at radius 1 is 0.422 bits per heavy atom. The predicted octanol–water partition coefficient (Wildman–Crippen LogP) is 21.9. The zero-order valence-electron chi connectivity index (χ0n) is 77.7. The number of benzene rings is 4. The Hall–Kier alpha value is -9.35. The molecule has 8 aromatic heterocycles. The molecule has 12 aromatic rings. The van der Waals surface area contributed by atoms with Gasteiger partial charge >= 0.3 is 0 Å². The number of rotatable bonds is 39. The van der Waals surface area contributed by atoms with Gasteiger partial charge in [0.1, 0.15) is 55.8 Å². The number of halogens is 2. The van der Waals surface area contributed by atoms with Gasteiger partial charge in [0.2, 0.25) is 5.00 Å².